The molecule has 7 rings (SSSR count). The number of halogens is 1. The maximum absolute atomic E-state index is 6.56. The topological polar surface area (TPSA) is 115 Å². The van der Waals surface area contributed by atoms with Crippen molar-refractivity contribution in [2.75, 3.05) is 36.5 Å². The molecule has 6 heterocycles. The summed E-state index contributed by atoms with van der Waals surface area (Å²) in [6, 6.07) is 9.05. The van der Waals surface area contributed by atoms with Gasteiger partial charge in [-0.2, -0.15) is 5.10 Å². The highest BCUT2D eigenvalue weighted by Gasteiger charge is 2.42. The zero-order valence-corrected chi connectivity index (χ0v) is 20.5. The summed E-state index contributed by atoms with van der Waals surface area (Å²) >= 11 is 6.56. The summed E-state index contributed by atoms with van der Waals surface area (Å²) in [4.78, 5) is 24.6. The molecule has 186 valence electrons. The minimum Gasteiger partial charge on any atom is -0.456 e. The Balaban J connectivity index is 1.13. The van der Waals surface area contributed by atoms with Crippen LogP contribution < -0.4 is 15.0 Å². The number of rotatable bonds is 5. The second kappa shape index (κ2) is 8.79. The molecule has 0 saturated carbocycles. The standard InChI is InChI=1S/C25H22ClN9O2/c26-18-9-16(1-2-20(18)37-17-3-6-35-21(10-17)29-15-31-35)32-23-22-19(28-14-30-23)11-27-24(33-22)34-7-4-25(12-34)5-8-36-13-25/h1-3,6,9-11,14-15H,4-5,7-8,12-13H2,(H,28,30,32)/t25-/m1/s1. The first kappa shape index (κ1) is 22.1. The highest BCUT2D eigenvalue weighted by molar-refractivity contribution is 6.32. The quantitative estimate of drug-likeness (QED) is 0.363. The Morgan fingerprint density at radius 1 is 1.05 bits per heavy atom. The largest absolute Gasteiger partial charge is 0.456 e. The molecule has 2 fully saturated rings. The van der Waals surface area contributed by atoms with Gasteiger partial charge < -0.3 is 19.7 Å². The van der Waals surface area contributed by atoms with Crippen molar-refractivity contribution in [1.82, 2.24) is 34.5 Å². The number of anilines is 3. The van der Waals surface area contributed by atoms with Gasteiger partial charge in [0, 0.05) is 43.1 Å². The molecule has 0 radical (unpaired) electrons. The molecule has 1 spiro atoms. The second-order valence-electron chi connectivity index (χ2n) is 9.40. The number of benzene rings is 1. The van der Waals surface area contributed by atoms with Gasteiger partial charge >= 0.3 is 0 Å². The molecule has 0 aliphatic carbocycles. The lowest BCUT2D eigenvalue weighted by molar-refractivity contribution is 0.160. The molecule has 4 aromatic heterocycles. The number of fused-ring (bicyclic) bond motifs is 2. The van der Waals surface area contributed by atoms with Gasteiger partial charge in [-0.25, -0.2) is 29.4 Å². The monoisotopic (exact) mass is 515 g/mol. The number of hydrogen-bond donors (Lipinski definition) is 1. The molecule has 1 aromatic carbocycles. The first-order valence-corrected chi connectivity index (χ1v) is 12.4. The summed E-state index contributed by atoms with van der Waals surface area (Å²) in [6.45, 7) is 3.45. The first-order valence-electron chi connectivity index (χ1n) is 12.0. The highest BCUT2D eigenvalue weighted by atomic mass is 35.5. The van der Waals surface area contributed by atoms with Crippen molar-refractivity contribution in [2.45, 2.75) is 12.8 Å². The molecule has 0 bridgehead atoms. The second-order valence-corrected chi connectivity index (χ2v) is 9.80. The van der Waals surface area contributed by atoms with E-state index in [9.17, 15) is 0 Å². The van der Waals surface area contributed by atoms with Crippen molar-refractivity contribution in [3.05, 3.63) is 60.4 Å². The van der Waals surface area contributed by atoms with Crippen LogP contribution in [-0.4, -0.2) is 60.8 Å². The minimum atomic E-state index is 0.217. The van der Waals surface area contributed by atoms with Gasteiger partial charge in [0.05, 0.1) is 17.8 Å². The van der Waals surface area contributed by atoms with Gasteiger partial charge in [0.25, 0.3) is 0 Å². The van der Waals surface area contributed by atoms with Crippen LogP contribution in [0.1, 0.15) is 12.8 Å². The van der Waals surface area contributed by atoms with Gasteiger partial charge in [-0.05, 0) is 37.1 Å². The van der Waals surface area contributed by atoms with Crippen molar-refractivity contribution in [2.24, 2.45) is 5.41 Å². The molecule has 1 atom stereocenters. The third-order valence-corrected chi connectivity index (χ3v) is 7.24. The van der Waals surface area contributed by atoms with Crippen LogP contribution in [0.4, 0.5) is 17.5 Å². The average molecular weight is 516 g/mol. The molecule has 2 aliphatic heterocycles. The van der Waals surface area contributed by atoms with E-state index in [-0.39, 0.29) is 5.41 Å². The van der Waals surface area contributed by atoms with E-state index in [0.29, 0.717) is 45.0 Å². The first-order chi connectivity index (χ1) is 18.1. The normalized spacial score (nSPS) is 19.3. The van der Waals surface area contributed by atoms with E-state index in [1.165, 1.54) is 12.7 Å². The summed E-state index contributed by atoms with van der Waals surface area (Å²) in [5.41, 5.74) is 2.95. The van der Waals surface area contributed by atoms with Crippen LogP contribution in [0.5, 0.6) is 11.5 Å². The van der Waals surface area contributed by atoms with E-state index in [1.807, 2.05) is 6.07 Å². The van der Waals surface area contributed by atoms with Crippen LogP contribution in [0, 0.1) is 5.41 Å². The van der Waals surface area contributed by atoms with Crippen LogP contribution in [0.15, 0.2) is 55.4 Å². The predicted octanol–water partition coefficient (Wildman–Crippen LogP) is 4.27. The number of hydrogen-bond acceptors (Lipinski definition) is 10. The minimum absolute atomic E-state index is 0.217. The summed E-state index contributed by atoms with van der Waals surface area (Å²) in [7, 11) is 0. The summed E-state index contributed by atoms with van der Waals surface area (Å²) in [6.07, 6.45) is 8.68. The number of aromatic nitrogens is 7. The van der Waals surface area contributed by atoms with Gasteiger partial charge in [-0.1, -0.05) is 11.6 Å². The fourth-order valence-electron chi connectivity index (χ4n) is 4.95. The fourth-order valence-corrected chi connectivity index (χ4v) is 5.17. The molecular weight excluding hydrogens is 494 g/mol. The Labute approximate surface area is 216 Å². The van der Waals surface area contributed by atoms with Gasteiger partial charge in [0.15, 0.2) is 11.5 Å². The van der Waals surface area contributed by atoms with E-state index in [0.717, 1.165) is 44.8 Å². The lowest BCUT2D eigenvalue weighted by Crippen LogP contribution is -2.28. The SMILES string of the molecule is Clc1cc(Nc2ncnc3cnc(N4CC[C@@]5(CCOC5)C4)nc23)ccc1Oc1ccn2ncnc2c1. The van der Waals surface area contributed by atoms with E-state index in [2.05, 4.69) is 35.3 Å². The molecule has 12 heteroatoms. The Hall–Kier alpha value is -4.09. The maximum Gasteiger partial charge on any atom is 0.226 e. The number of pyridine rings is 1. The lowest BCUT2D eigenvalue weighted by atomic mass is 9.87. The van der Waals surface area contributed by atoms with Gasteiger partial charge in [0.1, 0.15) is 35.2 Å². The van der Waals surface area contributed by atoms with E-state index in [1.54, 1.807) is 41.2 Å². The Morgan fingerprint density at radius 2 is 2.03 bits per heavy atom. The number of nitrogens with zero attached hydrogens (tertiary/aromatic N) is 8. The maximum atomic E-state index is 6.56. The third-order valence-electron chi connectivity index (χ3n) is 6.95. The van der Waals surface area contributed by atoms with E-state index in [4.69, 9.17) is 26.1 Å². The van der Waals surface area contributed by atoms with Crippen LogP contribution in [0.2, 0.25) is 5.02 Å². The van der Waals surface area contributed by atoms with Gasteiger partial charge in [-0.15, -0.1) is 0 Å². The summed E-state index contributed by atoms with van der Waals surface area (Å²) < 4.78 is 13.3. The number of nitrogens with one attached hydrogen (secondary N) is 1. The van der Waals surface area contributed by atoms with Crippen molar-refractivity contribution in [3.8, 4) is 11.5 Å². The van der Waals surface area contributed by atoms with Crippen LogP contribution in [0.25, 0.3) is 16.7 Å². The van der Waals surface area contributed by atoms with Gasteiger partial charge in [0.2, 0.25) is 5.95 Å². The van der Waals surface area contributed by atoms with Crippen LogP contribution >= 0.6 is 11.6 Å². The van der Waals surface area contributed by atoms with E-state index < -0.39 is 0 Å². The molecular formula is C25H22ClN9O2. The average Bonchev–Trinajstić information content (AvgIpc) is 3.67. The van der Waals surface area contributed by atoms with Crippen LogP contribution in [-0.2, 0) is 4.74 Å². The lowest BCUT2D eigenvalue weighted by Gasteiger charge is -2.22. The Bertz CT molecular complexity index is 1620. The smallest absolute Gasteiger partial charge is 0.226 e. The zero-order valence-electron chi connectivity index (χ0n) is 19.7. The third kappa shape index (κ3) is 4.15. The highest BCUT2D eigenvalue weighted by Crippen LogP contribution is 2.39. The van der Waals surface area contributed by atoms with Crippen molar-refractivity contribution in [1.29, 1.82) is 0 Å². The van der Waals surface area contributed by atoms with E-state index >= 15 is 0 Å². The molecule has 2 saturated heterocycles. The van der Waals surface area contributed by atoms with Crippen molar-refractivity contribution < 1.29 is 9.47 Å². The molecule has 37 heavy (non-hydrogen) atoms. The Morgan fingerprint density at radius 3 is 2.92 bits per heavy atom. The zero-order chi connectivity index (χ0) is 24.8. The van der Waals surface area contributed by atoms with Crippen molar-refractivity contribution in [3.63, 3.8) is 0 Å². The molecule has 1 N–H and O–H groups in total. The molecule has 2 aliphatic rings. The van der Waals surface area contributed by atoms with Crippen LogP contribution in [0.3, 0.4) is 0 Å². The molecule has 0 amide bonds. The van der Waals surface area contributed by atoms with Gasteiger partial charge in [-0.3, -0.25) is 0 Å². The Kier molecular flexibility index (Phi) is 5.26. The predicted molar refractivity (Wildman–Crippen MR) is 138 cm³/mol. The molecule has 5 aromatic rings. The molecule has 0 unspecified atom stereocenters. The summed E-state index contributed by atoms with van der Waals surface area (Å²) in [5, 5.41) is 7.86. The number of ether oxygens (including phenoxy) is 2. The fraction of sp³-hybridized carbons (Fsp3) is 0.280. The molecule has 11 nitrogen and oxygen atoms in total. The summed E-state index contributed by atoms with van der Waals surface area (Å²) in [5.74, 6) is 2.39. The van der Waals surface area contributed by atoms with Crippen molar-refractivity contribution >= 4 is 45.7 Å².